The molecule has 2 rings (SSSR count). The van der Waals surface area contributed by atoms with Crippen LogP contribution in [-0.2, 0) is 32.0 Å². The molecule has 32 heavy (non-hydrogen) atoms. The largest absolute Gasteiger partial charge is 0.480 e. The van der Waals surface area contributed by atoms with E-state index in [1.54, 1.807) is 0 Å². The Kier molecular flexibility index (Phi) is 9.31. The van der Waals surface area contributed by atoms with E-state index in [-0.39, 0.29) is 25.8 Å². The lowest BCUT2D eigenvalue weighted by Crippen LogP contribution is -2.57. The zero-order chi connectivity index (χ0) is 23.5. The van der Waals surface area contributed by atoms with Crippen molar-refractivity contribution in [2.45, 2.75) is 37.4 Å². The molecule has 3 atom stereocenters. The lowest BCUT2D eigenvalue weighted by atomic mass is 10.1. The predicted molar refractivity (Wildman–Crippen MR) is 109 cm³/mol. The summed E-state index contributed by atoms with van der Waals surface area (Å²) in [6, 6.07) is -3.85. The number of carboxylic acid groups (broad SMARTS) is 1. The third kappa shape index (κ3) is 7.48. The fourth-order valence-corrected chi connectivity index (χ4v) is 2.78. The smallest absolute Gasteiger partial charge is 0.326 e. The maximum atomic E-state index is 12.7. The van der Waals surface area contributed by atoms with Gasteiger partial charge in [0.15, 0.2) is 0 Å². The van der Waals surface area contributed by atoms with Crippen molar-refractivity contribution in [1.29, 1.82) is 0 Å². The number of aliphatic hydroxyl groups excluding tert-OH is 1. The molecule has 2 aromatic heterocycles. The maximum Gasteiger partial charge on any atom is 0.326 e. The third-order valence-corrected chi connectivity index (χ3v) is 4.41. The molecule has 3 unspecified atom stereocenters. The molecule has 14 heteroatoms. The Bertz CT molecular complexity index is 885. The molecule has 14 nitrogen and oxygen atoms in total. The van der Waals surface area contributed by atoms with Gasteiger partial charge in [0, 0.05) is 49.6 Å². The van der Waals surface area contributed by atoms with Gasteiger partial charge in [0.2, 0.25) is 17.7 Å². The fourth-order valence-electron chi connectivity index (χ4n) is 2.78. The van der Waals surface area contributed by atoms with Crippen LogP contribution in [0.2, 0.25) is 0 Å². The summed E-state index contributed by atoms with van der Waals surface area (Å²) in [5.74, 6) is -3.43. The van der Waals surface area contributed by atoms with Crippen molar-refractivity contribution in [3.05, 3.63) is 36.4 Å². The Morgan fingerprint density at radius 2 is 1.44 bits per heavy atom. The molecule has 0 radical (unpaired) electrons. The van der Waals surface area contributed by atoms with Crippen molar-refractivity contribution < 1.29 is 29.4 Å². The fraction of sp³-hybridized carbons (Fsp3) is 0.444. The van der Waals surface area contributed by atoms with Crippen LogP contribution in [0.25, 0.3) is 0 Å². The van der Waals surface area contributed by atoms with E-state index in [2.05, 4.69) is 35.9 Å². The molecular formula is C18H26N8O6. The standard InChI is InChI=1S/C18H26N8O6/c19-2-1-15(28)24-12(3-10-5-20-8-22-10)16(29)26-14(7-27)17(30)25-13(18(31)32)4-11-6-21-9-23-11/h5-6,8-9,12-14,27H,1-4,7,19H2,(H,20,22)(H,21,23)(H,24,28)(H,25,30)(H,26,29)(H,31,32). The number of aliphatic hydroxyl groups is 1. The van der Waals surface area contributed by atoms with Crippen LogP contribution in [0.5, 0.6) is 0 Å². The van der Waals surface area contributed by atoms with Crippen molar-refractivity contribution in [2.75, 3.05) is 13.2 Å². The number of carbonyl (C=O) groups is 4. The molecule has 2 heterocycles. The Labute approximate surface area is 182 Å². The molecule has 2 aromatic rings. The highest BCUT2D eigenvalue weighted by Gasteiger charge is 2.29. The highest BCUT2D eigenvalue weighted by atomic mass is 16.4. The summed E-state index contributed by atoms with van der Waals surface area (Å²) < 4.78 is 0. The lowest BCUT2D eigenvalue weighted by molar-refractivity contribution is -0.142. The highest BCUT2D eigenvalue weighted by molar-refractivity contribution is 5.93. The zero-order valence-electron chi connectivity index (χ0n) is 17.1. The van der Waals surface area contributed by atoms with Crippen LogP contribution in [0, 0.1) is 0 Å². The summed E-state index contributed by atoms with van der Waals surface area (Å²) in [4.78, 5) is 61.9. The molecule has 0 fully saturated rings. The number of imidazole rings is 2. The van der Waals surface area contributed by atoms with E-state index in [0.29, 0.717) is 11.4 Å². The van der Waals surface area contributed by atoms with E-state index in [9.17, 15) is 29.4 Å². The van der Waals surface area contributed by atoms with Crippen molar-refractivity contribution in [2.24, 2.45) is 5.73 Å². The van der Waals surface area contributed by atoms with Gasteiger partial charge in [-0.25, -0.2) is 14.8 Å². The Morgan fingerprint density at radius 3 is 1.91 bits per heavy atom. The quantitative estimate of drug-likeness (QED) is 0.153. The number of aromatic amines is 2. The van der Waals surface area contributed by atoms with Gasteiger partial charge in [-0.15, -0.1) is 0 Å². The van der Waals surface area contributed by atoms with E-state index in [1.165, 1.54) is 25.0 Å². The Balaban J connectivity index is 2.04. The van der Waals surface area contributed by atoms with Gasteiger partial charge < -0.3 is 41.9 Å². The monoisotopic (exact) mass is 450 g/mol. The summed E-state index contributed by atoms with van der Waals surface area (Å²) in [5, 5.41) is 26.1. The first-order chi connectivity index (χ1) is 15.3. The van der Waals surface area contributed by atoms with Gasteiger partial charge in [-0.1, -0.05) is 0 Å². The number of nitrogens with one attached hydrogen (secondary N) is 5. The van der Waals surface area contributed by atoms with Crippen LogP contribution in [0.3, 0.4) is 0 Å². The number of carbonyl (C=O) groups excluding carboxylic acids is 3. The minimum absolute atomic E-state index is 0.00936. The van der Waals surface area contributed by atoms with Crippen molar-refractivity contribution in [1.82, 2.24) is 35.9 Å². The first kappa shape index (κ1) is 24.5. The van der Waals surface area contributed by atoms with E-state index < -0.39 is 48.4 Å². The number of amides is 3. The number of nitrogens with zero attached hydrogens (tertiary/aromatic N) is 2. The second-order valence-electron chi connectivity index (χ2n) is 6.86. The average molecular weight is 450 g/mol. The van der Waals surface area contributed by atoms with Crippen LogP contribution >= 0.6 is 0 Å². The molecule has 0 bridgehead atoms. The topological polar surface area (TPSA) is 228 Å². The van der Waals surface area contributed by atoms with Crippen LogP contribution in [0.15, 0.2) is 25.0 Å². The summed E-state index contributed by atoms with van der Waals surface area (Å²) in [5.41, 5.74) is 6.39. The average Bonchev–Trinajstić information content (AvgIpc) is 3.45. The number of hydrogen-bond acceptors (Lipinski definition) is 8. The molecule has 0 aliphatic rings. The van der Waals surface area contributed by atoms with Crippen molar-refractivity contribution >= 4 is 23.7 Å². The van der Waals surface area contributed by atoms with E-state index >= 15 is 0 Å². The lowest BCUT2D eigenvalue weighted by Gasteiger charge is -2.23. The minimum atomic E-state index is -1.44. The minimum Gasteiger partial charge on any atom is -0.480 e. The van der Waals surface area contributed by atoms with Crippen LogP contribution < -0.4 is 21.7 Å². The second-order valence-corrected chi connectivity index (χ2v) is 6.86. The van der Waals surface area contributed by atoms with Crippen molar-refractivity contribution in [3.63, 3.8) is 0 Å². The van der Waals surface area contributed by atoms with Gasteiger partial charge in [-0.05, 0) is 0 Å². The van der Waals surface area contributed by atoms with E-state index in [1.807, 2.05) is 0 Å². The first-order valence-corrected chi connectivity index (χ1v) is 9.72. The predicted octanol–water partition coefficient (Wildman–Crippen LogP) is -3.20. The SMILES string of the molecule is NCCC(=O)NC(Cc1cnc[nH]1)C(=O)NC(CO)C(=O)NC(Cc1cnc[nH]1)C(=O)O. The van der Waals surface area contributed by atoms with Gasteiger partial charge in [0.1, 0.15) is 18.1 Å². The number of H-pyrrole nitrogens is 2. The molecule has 0 saturated carbocycles. The number of aliphatic carboxylic acids is 1. The molecule has 0 aliphatic carbocycles. The van der Waals surface area contributed by atoms with Gasteiger partial charge in [-0.2, -0.15) is 0 Å². The van der Waals surface area contributed by atoms with Gasteiger partial charge in [-0.3, -0.25) is 14.4 Å². The number of nitrogens with two attached hydrogens (primary N) is 1. The molecule has 0 spiro atoms. The van der Waals surface area contributed by atoms with Gasteiger partial charge >= 0.3 is 5.97 Å². The summed E-state index contributed by atoms with van der Waals surface area (Å²) in [6.07, 6.45) is 5.61. The molecule has 0 saturated heterocycles. The first-order valence-electron chi connectivity index (χ1n) is 9.72. The number of aromatic nitrogens is 4. The molecule has 174 valence electrons. The molecule has 0 aliphatic heterocycles. The summed E-state index contributed by atoms with van der Waals surface area (Å²) in [6.45, 7) is -0.708. The highest BCUT2D eigenvalue weighted by Crippen LogP contribution is 2.02. The number of rotatable bonds is 13. The van der Waals surface area contributed by atoms with E-state index in [4.69, 9.17) is 5.73 Å². The second kappa shape index (κ2) is 12.2. The molecule has 9 N–H and O–H groups in total. The van der Waals surface area contributed by atoms with Crippen LogP contribution in [-0.4, -0.2) is 85.1 Å². The summed E-state index contributed by atoms with van der Waals surface area (Å²) in [7, 11) is 0. The Morgan fingerprint density at radius 1 is 0.906 bits per heavy atom. The van der Waals surface area contributed by atoms with Gasteiger partial charge in [0.25, 0.3) is 0 Å². The number of carboxylic acids is 1. The normalized spacial score (nSPS) is 13.6. The Hall–Kier alpha value is -3.78. The van der Waals surface area contributed by atoms with E-state index in [0.717, 1.165) is 0 Å². The molecule has 0 aromatic carbocycles. The van der Waals surface area contributed by atoms with Crippen molar-refractivity contribution in [3.8, 4) is 0 Å². The molecule has 3 amide bonds. The van der Waals surface area contributed by atoms with Crippen LogP contribution in [0.1, 0.15) is 17.8 Å². The number of hydrogen-bond donors (Lipinski definition) is 8. The molecular weight excluding hydrogens is 424 g/mol. The third-order valence-electron chi connectivity index (χ3n) is 4.41. The zero-order valence-corrected chi connectivity index (χ0v) is 17.1. The maximum absolute atomic E-state index is 12.7. The van der Waals surface area contributed by atoms with Gasteiger partial charge in [0.05, 0.1) is 19.3 Å². The van der Waals surface area contributed by atoms with Crippen LogP contribution in [0.4, 0.5) is 0 Å². The summed E-state index contributed by atoms with van der Waals surface area (Å²) >= 11 is 0.